The average Bonchev–Trinajstić information content (AvgIpc) is 2.23. The summed E-state index contributed by atoms with van der Waals surface area (Å²) >= 11 is 7.24. The molecule has 0 rings (SSSR count). The maximum Gasteiger partial charge on any atom is 0.0471 e. The van der Waals surface area contributed by atoms with Crippen molar-refractivity contribution in [2.45, 2.75) is 39.5 Å². The Morgan fingerprint density at radius 3 is 2.00 bits per heavy atom. The van der Waals surface area contributed by atoms with Crippen LogP contribution in [0.2, 0.25) is 0 Å². The lowest BCUT2D eigenvalue weighted by atomic mass is 9.85. The Hall–Kier alpha value is 0.920. The molecule has 0 aliphatic carbocycles. The molecule has 3 heteroatoms. The van der Waals surface area contributed by atoms with Gasteiger partial charge in [0.1, 0.15) is 0 Å². The van der Waals surface area contributed by atoms with Gasteiger partial charge in [-0.15, -0.1) is 0 Å². The number of ether oxygens (including phenoxy) is 1. The molecule has 0 N–H and O–H groups in total. The summed E-state index contributed by atoms with van der Waals surface area (Å²) in [6, 6.07) is 0. The molecule has 0 atom stereocenters. The first-order valence-electron chi connectivity index (χ1n) is 5.44. The van der Waals surface area contributed by atoms with E-state index in [1.54, 1.807) is 0 Å². The van der Waals surface area contributed by atoms with Crippen LogP contribution >= 0.6 is 31.9 Å². The quantitative estimate of drug-likeness (QED) is 0.450. The van der Waals surface area contributed by atoms with Crippen LogP contribution in [0.5, 0.6) is 0 Å². The molecule has 0 radical (unpaired) electrons. The second-order valence-corrected chi connectivity index (χ2v) is 5.00. The highest BCUT2D eigenvalue weighted by atomic mass is 79.9. The molecule has 0 saturated heterocycles. The molecule has 0 aliphatic heterocycles. The minimum absolute atomic E-state index is 0.391. The molecule has 0 aliphatic rings. The van der Waals surface area contributed by atoms with E-state index in [-0.39, 0.29) is 0 Å². The Balaban J connectivity index is 3.82. The molecule has 0 amide bonds. The predicted molar refractivity (Wildman–Crippen MR) is 70.7 cm³/mol. The average molecular weight is 330 g/mol. The van der Waals surface area contributed by atoms with Crippen LogP contribution < -0.4 is 0 Å². The number of halogens is 2. The number of hydrogen-bond donors (Lipinski definition) is 0. The van der Waals surface area contributed by atoms with E-state index in [2.05, 4.69) is 45.7 Å². The van der Waals surface area contributed by atoms with Gasteiger partial charge in [-0.2, -0.15) is 0 Å². The van der Waals surface area contributed by atoms with Gasteiger partial charge in [-0.25, -0.2) is 0 Å². The summed E-state index contributed by atoms with van der Waals surface area (Å²) in [5, 5.41) is 2.13. The highest BCUT2D eigenvalue weighted by molar-refractivity contribution is 9.09. The predicted octanol–water partition coefficient (Wildman–Crippen LogP) is 4.38. The molecular weight excluding hydrogens is 308 g/mol. The highest BCUT2D eigenvalue weighted by Gasteiger charge is 2.26. The Morgan fingerprint density at radius 2 is 1.57 bits per heavy atom. The van der Waals surface area contributed by atoms with Crippen molar-refractivity contribution in [1.82, 2.24) is 0 Å². The summed E-state index contributed by atoms with van der Waals surface area (Å²) < 4.78 is 5.55. The summed E-state index contributed by atoms with van der Waals surface area (Å²) in [5.41, 5.74) is 0.391. The molecule has 0 bridgehead atoms. The summed E-state index contributed by atoms with van der Waals surface area (Å²) in [7, 11) is 0. The first-order chi connectivity index (χ1) is 6.74. The van der Waals surface area contributed by atoms with Crippen molar-refractivity contribution in [2.75, 3.05) is 23.9 Å². The molecule has 86 valence electrons. The van der Waals surface area contributed by atoms with E-state index >= 15 is 0 Å². The number of alkyl halides is 2. The van der Waals surface area contributed by atoms with Gasteiger partial charge >= 0.3 is 0 Å². The Bertz CT molecular complexity index is 124. The van der Waals surface area contributed by atoms with Gasteiger partial charge in [-0.05, 0) is 24.7 Å². The van der Waals surface area contributed by atoms with E-state index in [4.69, 9.17) is 4.74 Å². The van der Waals surface area contributed by atoms with Crippen LogP contribution in [0, 0.1) is 5.41 Å². The van der Waals surface area contributed by atoms with Gasteiger partial charge in [0.25, 0.3) is 0 Å². The molecule has 0 aromatic heterocycles. The molecule has 0 heterocycles. The monoisotopic (exact) mass is 328 g/mol. The molecule has 0 unspecified atom stereocenters. The second kappa shape index (κ2) is 9.17. The minimum atomic E-state index is 0.391. The van der Waals surface area contributed by atoms with Crippen LogP contribution in [0.25, 0.3) is 0 Å². The fourth-order valence-electron chi connectivity index (χ4n) is 1.49. The fraction of sp³-hybridized carbons (Fsp3) is 1.00. The summed E-state index contributed by atoms with van der Waals surface area (Å²) in [6.45, 7) is 6.18. The zero-order valence-corrected chi connectivity index (χ0v) is 12.5. The third-order valence-electron chi connectivity index (χ3n) is 2.47. The van der Waals surface area contributed by atoms with E-state index in [9.17, 15) is 0 Å². The van der Waals surface area contributed by atoms with E-state index in [1.807, 2.05) is 0 Å². The summed E-state index contributed by atoms with van der Waals surface area (Å²) in [6.07, 6.45) is 4.77. The molecule has 0 fully saturated rings. The third-order valence-corrected chi connectivity index (χ3v) is 4.85. The van der Waals surface area contributed by atoms with Gasteiger partial charge in [0.05, 0.1) is 0 Å². The third kappa shape index (κ3) is 5.72. The summed E-state index contributed by atoms with van der Waals surface area (Å²) in [5.74, 6) is 0. The topological polar surface area (TPSA) is 9.23 Å². The van der Waals surface area contributed by atoms with Gasteiger partial charge in [0, 0.05) is 23.9 Å². The van der Waals surface area contributed by atoms with Gasteiger partial charge in [-0.1, -0.05) is 52.1 Å². The number of hydrogen-bond acceptors (Lipinski definition) is 1. The van der Waals surface area contributed by atoms with Crippen LogP contribution in [-0.2, 0) is 4.74 Å². The standard InChI is InChI=1S/C11H22Br2O/c1-3-5-11(9-12,10-13)6-8-14-7-4-2/h3-10H2,1-2H3. The van der Waals surface area contributed by atoms with Crippen LogP contribution in [0.15, 0.2) is 0 Å². The van der Waals surface area contributed by atoms with Gasteiger partial charge < -0.3 is 4.74 Å². The van der Waals surface area contributed by atoms with Crippen molar-refractivity contribution >= 4 is 31.9 Å². The van der Waals surface area contributed by atoms with Crippen LogP contribution in [0.1, 0.15) is 39.5 Å². The van der Waals surface area contributed by atoms with Crippen molar-refractivity contribution < 1.29 is 4.74 Å². The molecule has 0 spiro atoms. The van der Waals surface area contributed by atoms with Gasteiger partial charge in [0.2, 0.25) is 0 Å². The zero-order valence-electron chi connectivity index (χ0n) is 9.32. The smallest absolute Gasteiger partial charge is 0.0471 e. The van der Waals surface area contributed by atoms with E-state index in [1.165, 1.54) is 12.8 Å². The van der Waals surface area contributed by atoms with Crippen molar-refractivity contribution in [3.8, 4) is 0 Å². The van der Waals surface area contributed by atoms with Gasteiger partial charge in [-0.3, -0.25) is 0 Å². The lowest BCUT2D eigenvalue weighted by Crippen LogP contribution is -2.26. The Morgan fingerprint density at radius 1 is 0.929 bits per heavy atom. The normalized spacial score (nSPS) is 12.0. The molecule has 1 nitrogen and oxygen atoms in total. The van der Waals surface area contributed by atoms with E-state index in [0.717, 1.165) is 36.7 Å². The molecule has 0 saturated carbocycles. The largest absolute Gasteiger partial charge is 0.381 e. The SMILES string of the molecule is CCCOCCC(CBr)(CBr)CCC. The lowest BCUT2D eigenvalue weighted by Gasteiger charge is -2.29. The Labute approximate surface area is 105 Å². The second-order valence-electron chi connectivity index (χ2n) is 3.88. The molecule has 14 heavy (non-hydrogen) atoms. The maximum absolute atomic E-state index is 5.55. The Kier molecular flexibility index (Phi) is 9.77. The van der Waals surface area contributed by atoms with Crippen molar-refractivity contribution in [3.05, 3.63) is 0 Å². The van der Waals surface area contributed by atoms with Crippen molar-refractivity contribution in [2.24, 2.45) is 5.41 Å². The minimum Gasteiger partial charge on any atom is -0.381 e. The zero-order chi connectivity index (χ0) is 10.9. The summed E-state index contributed by atoms with van der Waals surface area (Å²) in [4.78, 5) is 0. The highest BCUT2D eigenvalue weighted by Crippen LogP contribution is 2.32. The first-order valence-corrected chi connectivity index (χ1v) is 7.68. The first kappa shape index (κ1) is 14.9. The van der Waals surface area contributed by atoms with Gasteiger partial charge in [0.15, 0.2) is 0 Å². The van der Waals surface area contributed by atoms with Crippen LogP contribution in [0.3, 0.4) is 0 Å². The van der Waals surface area contributed by atoms with Crippen LogP contribution in [0.4, 0.5) is 0 Å². The number of rotatable bonds is 9. The van der Waals surface area contributed by atoms with E-state index in [0.29, 0.717) is 5.41 Å². The fourth-order valence-corrected chi connectivity index (χ4v) is 3.54. The molecule has 0 aromatic carbocycles. The molecular formula is C11H22Br2O. The van der Waals surface area contributed by atoms with E-state index < -0.39 is 0 Å². The van der Waals surface area contributed by atoms with Crippen LogP contribution in [-0.4, -0.2) is 23.9 Å². The maximum atomic E-state index is 5.55. The molecule has 0 aromatic rings. The van der Waals surface area contributed by atoms with Crippen molar-refractivity contribution in [3.63, 3.8) is 0 Å². The van der Waals surface area contributed by atoms with Crippen molar-refractivity contribution in [1.29, 1.82) is 0 Å². The lowest BCUT2D eigenvalue weighted by molar-refractivity contribution is 0.105.